The molecule has 0 bridgehead atoms. The van der Waals surface area contributed by atoms with Gasteiger partial charge in [-0.05, 0) is 31.2 Å². The molecule has 0 spiro atoms. The molecule has 6 heteroatoms. The van der Waals surface area contributed by atoms with E-state index in [0.717, 1.165) is 0 Å². The van der Waals surface area contributed by atoms with Gasteiger partial charge in [-0.3, -0.25) is 0 Å². The molecular formula is C13H13NO5. The van der Waals surface area contributed by atoms with Crippen molar-refractivity contribution in [1.29, 1.82) is 0 Å². The third-order valence-corrected chi connectivity index (χ3v) is 2.83. The number of nitrogens with zero attached hydrogens (tertiary/aromatic N) is 1. The Balaban J connectivity index is 2.33. The lowest BCUT2D eigenvalue weighted by Gasteiger charge is -2.11. The van der Waals surface area contributed by atoms with E-state index in [1.165, 1.54) is 14.0 Å². The SMILES string of the molecule is COC(=O)[C@]1(C)N=C(c2ccc(OC)cc2)OC1=O. The average Bonchev–Trinajstić information content (AvgIpc) is 2.75. The number of rotatable bonds is 3. The molecule has 0 radical (unpaired) electrons. The molecule has 1 aromatic carbocycles. The fourth-order valence-electron chi connectivity index (χ4n) is 1.64. The molecule has 1 aromatic rings. The van der Waals surface area contributed by atoms with Crippen molar-refractivity contribution in [2.45, 2.75) is 12.5 Å². The van der Waals surface area contributed by atoms with Crippen LogP contribution in [0.3, 0.4) is 0 Å². The van der Waals surface area contributed by atoms with E-state index in [2.05, 4.69) is 9.73 Å². The molecule has 1 atom stereocenters. The fraction of sp³-hybridized carbons (Fsp3) is 0.308. The summed E-state index contributed by atoms with van der Waals surface area (Å²) in [7, 11) is 2.75. The summed E-state index contributed by atoms with van der Waals surface area (Å²) in [5.41, 5.74) is -1.05. The zero-order valence-electron chi connectivity index (χ0n) is 10.8. The quantitative estimate of drug-likeness (QED) is 0.599. The average molecular weight is 263 g/mol. The second-order valence-corrected chi connectivity index (χ2v) is 4.10. The van der Waals surface area contributed by atoms with Crippen LogP contribution in [-0.4, -0.2) is 37.6 Å². The number of carbonyl (C=O) groups excluding carboxylic acids is 2. The Morgan fingerprint density at radius 1 is 1.26 bits per heavy atom. The maximum atomic E-state index is 11.7. The van der Waals surface area contributed by atoms with E-state index in [4.69, 9.17) is 9.47 Å². The maximum absolute atomic E-state index is 11.7. The van der Waals surface area contributed by atoms with Gasteiger partial charge in [-0.2, -0.15) is 0 Å². The van der Waals surface area contributed by atoms with E-state index in [1.807, 2.05) is 0 Å². The molecule has 0 fully saturated rings. The highest BCUT2D eigenvalue weighted by molar-refractivity contribution is 6.16. The molecule has 0 N–H and O–H groups in total. The fourth-order valence-corrected chi connectivity index (χ4v) is 1.64. The molecule has 19 heavy (non-hydrogen) atoms. The number of benzene rings is 1. The number of hydrogen-bond donors (Lipinski definition) is 0. The minimum Gasteiger partial charge on any atom is -0.497 e. The Hall–Kier alpha value is -2.37. The largest absolute Gasteiger partial charge is 0.497 e. The highest BCUT2D eigenvalue weighted by atomic mass is 16.6. The molecule has 0 unspecified atom stereocenters. The van der Waals surface area contributed by atoms with E-state index in [-0.39, 0.29) is 5.90 Å². The van der Waals surface area contributed by atoms with Gasteiger partial charge in [0.25, 0.3) is 5.54 Å². The lowest BCUT2D eigenvalue weighted by molar-refractivity contribution is -0.154. The second-order valence-electron chi connectivity index (χ2n) is 4.10. The standard InChI is InChI=1S/C13H13NO5/c1-13(11(15)18-3)12(16)19-10(14-13)8-4-6-9(17-2)7-5-8/h4-7H,1-3H3/t13-/m0/s1. The third kappa shape index (κ3) is 2.16. The number of carbonyl (C=O) groups is 2. The van der Waals surface area contributed by atoms with E-state index >= 15 is 0 Å². The summed E-state index contributed by atoms with van der Waals surface area (Å²) in [6.45, 7) is 1.36. The topological polar surface area (TPSA) is 74.2 Å². The first kappa shape index (κ1) is 13.1. The molecule has 0 amide bonds. The van der Waals surface area contributed by atoms with Crippen LogP contribution >= 0.6 is 0 Å². The van der Waals surface area contributed by atoms with Gasteiger partial charge < -0.3 is 14.2 Å². The Bertz CT molecular complexity index is 549. The lowest BCUT2D eigenvalue weighted by atomic mass is 10.1. The highest BCUT2D eigenvalue weighted by Gasteiger charge is 2.49. The number of esters is 2. The van der Waals surface area contributed by atoms with E-state index in [9.17, 15) is 9.59 Å². The van der Waals surface area contributed by atoms with Gasteiger partial charge >= 0.3 is 11.9 Å². The number of ether oxygens (including phenoxy) is 3. The minimum absolute atomic E-state index is 0.0977. The molecule has 0 aliphatic carbocycles. The normalized spacial score (nSPS) is 21.6. The molecule has 2 rings (SSSR count). The van der Waals surface area contributed by atoms with Crippen LogP contribution in [0.2, 0.25) is 0 Å². The molecule has 100 valence electrons. The summed E-state index contributed by atoms with van der Waals surface area (Å²) in [6.07, 6.45) is 0. The van der Waals surface area contributed by atoms with Crippen LogP contribution in [0.15, 0.2) is 29.3 Å². The Kier molecular flexibility index (Phi) is 3.25. The predicted octanol–water partition coefficient (Wildman–Crippen LogP) is 0.930. The Labute approximate surface area is 110 Å². The van der Waals surface area contributed by atoms with Gasteiger partial charge in [-0.15, -0.1) is 0 Å². The van der Waals surface area contributed by atoms with Crippen molar-refractivity contribution >= 4 is 17.8 Å². The summed E-state index contributed by atoms with van der Waals surface area (Å²) >= 11 is 0. The molecule has 0 saturated heterocycles. The first-order chi connectivity index (χ1) is 9.01. The zero-order chi connectivity index (χ0) is 14.0. The van der Waals surface area contributed by atoms with Crippen LogP contribution in [0.5, 0.6) is 5.75 Å². The number of aliphatic imine (C=N–C) groups is 1. The minimum atomic E-state index is -1.63. The predicted molar refractivity (Wildman–Crippen MR) is 66.0 cm³/mol. The van der Waals surface area contributed by atoms with Crippen LogP contribution in [0.25, 0.3) is 0 Å². The van der Waals surface area contributed by atoms with E-state index in [0.29, 0.717) is 11.3 Å². The second kappa shape index (κ2) is 4.72. The van der Waals surface area contributed by atoms with Gasteiger partial charge in [0.15, 0.2) is 0 Å². The third-order valence-electron chi connectivity index (χ3n) is 2.83. The van der Waals surface area contributed by atoms with Crippen molar-refractivity contribution in [1.82, 2.24) is 0 Å². The monoisotopic (exact) mass is 263 g/mol. The van der Waals surface area contributed by atoms with Crippen molar-refractivity contribution < 1.29 is 23.8 Å². The number of methoxy groups -OCH3 is 2. The summed E-state index contributed by atoms with van der Waals surface area (Å²) in [5.74, 6) is -0.726. The van der Waals surface area contributed by atoms with Crippen molar-refractivity contribution in [2.24, 2.45) is 4.99 Å². The first-order valence-corrected chi connectivity index (χ1v) is 5.56. The molecule has 1 aliphatic heterocycles. The van der Waals surface area contributed by atoms with E-state index in [1.54, 1.807) is 31.4 Å². The maximum Gasteiger partial charge on any atom is 0.352 e. The smallest absolute Gasteiger partial charge is 0.352 e. The van der Waals surface area contributed by atoms with Crippen molar-refractivity contribution in [2.75, 3.05) is 14.2 Å². The van der Waals surface area contributed by atoms with E-state index < -0.39 is 17.5 Å². The summed E-state index contributed by atoms with van der Waals surface area (Å²) in [6, 6.07) is 6.79. The van der Waals surface area contributed by atoms with Crippen molar-refractivity contribution in [3.05, 3.63) is 29.8 Å². The molecule has 6 nitrogen and oxygen atoms in total. The summed E-state index contributed by atoms with van der Waals surface area (Å²) in [4.78, 5) is 27.3. The Morgan fingerprint density at radius 2 is 1.89 bits per heavy atom. The summed E-state index contributed by atoms with van der Waals surface area (Å²) < 4.78 is 14.6. The van der Waals surface area contributed by atoms with Gasteiger partial charge in [0.2, 0.25) is 5.90 Å². The van der Waals surface area contributed by atoms with Crippen molar-refractivity contribution in [3.8, 4) is 5.75 Å². The van der Waals surface area contributed by atoms with Crippen LogP contribution in [0.4, 0.5) is 0 Å². The Morgan fingerprint density at radius 3 is 2.42 bits per heavy atom. The number of cyclic esters (lactones) is 1. The van der Waals surface area contributed by atoms with Gasteiger partial charge in [0.1, 0.15) is 5.75 Å². The molecular weight excluding hydrogens is 250 g/mol. The highest BCUT2D eigenvalue weighted by Crippen LogP contribution is 2.25. The van der Waals surface area contributed by atoms with Gasteiger partial charge in [0.05, 0.1) is 14.2 Å². The summed E-state index contributed by atoms with van der Waals surface area (Å²) in [5, 5.41) is 0. The molecule has 1 aliphatic rings. The number of hydrogen-bond acceptors (Lipinski definition) is 6. The molecule has 0 saturated carbocycles. The van der Waals surface area contributed by atoms with Crippen LogP contribution < -0.4 is 4.74 Å². The molecule has 1 heterocycles. The van der Waals surface area contributed by atoms with Gasteiger partial charge in [-0.1, -0.05) is 0 Å². The van der Waals surface area contributed by atoms with Crippen LogP contribution in [-0.2, 0) is 19.1 Å². The first-order valence-electron chi connectivity index (χ1n) is 5.56. The van der Waals surface area contributed by atoms with Crippen molar-refractivity contribution in [3.63, 3.8) is 0 Å². The zero-order valence-corrected chi connectivity index (χ0v) is 10.8. The lowest BCUT2D eigenvalue weighted by Crippen LogP contribution is -2.40. The van der Waals surface area contributed by atoms with Crippen LogP contribution in [0, 0.1) is 0 Å². The van der Waals surface area contributed by atoms with Gasteiger partial charge in [0, 0.05) is 5.56 Å². The molecule has 0 aromatic heterocycles. The van der Waals surface area contributed by atoms with Gasteiger partial charge in [-0.25, -0.2) is 14.6 Å². The van der Waals surface area contributed by atoms with Crippen LogP contribution in [0.1, 0.15) is 12.5 Å².